The van der Waals surface area contributed by atoms with Crippen LogP contribution in [-0.4, -0.2) is 54.2 Å². The fourth-order valence-corrected chi connectivity index (χ4v) is 0.774. The molecule has 0 fully saturated rings. The van der Waals surface area contributed by atoms with Crippen LogP contribution in [0.25, 0.3) is 0 Å². The molecular weight excluding hydrogens is 217 g/mol. The molecule has 0 aromatic rings. The van der Waals surface area contributed by atoms with Crippen LogP contribution in [0.1, 0.15) is 20.3 Å². The number of hydrogen-bond donors (Lipinski definition) is 2. The average molecular weight is 233 g/mol. The molecule has 0 atom stereocenters. The van der Waals surface area contributed by atoms with Gasteiger partial charge in [0.15, 0.2) is 0 Å². The van der Waals surface area contributed by atoms with Gasteiger partial charge in [0.25, 0.3) is 10.1 Å². The van der Waals surface area contributed by atoms with Crippen LogP contribution in [0.5, 0.6) is 0 Å². The van der Waals surface area contributed by atoms with Gasteiger partial charge in [0.05, 0.1) is 5.75 Å². The van der Waals surface area contributed by atoms with E-state index in [1.54, 1.807) is 13.8 Å². The molecule has 0 aliphatic rings. The Morgan fingerprint density at radius 3 is 1.79 bits per heavy atom. The van der Waals surface area contributed by atoms with Crippen LogP contribution in [0, 0.1) is 0 Å². The molecule has 0 aliphatic heterocycles. The van der Waals surface area contributed by atoms with Crippen LogP contribution >= 0.6 is 0 Å². The normalized spacial score (nSPS) is 9.07. The SMILES string of the molecule is C=C(C)C(N)=O.CCCS(=O)(=O)O.[NaH]. The molecular formula is C7H16NNaO4S. The molecule has 0 saturated carbocycles. The third kappa shape index (κ3) is 22.7. The second kappa shape index (κ2) is 9.67. The summed E-state index contributed by atoms with van der Waals surface area (Å²) in [5.41, 5.74) is 5.09. The van der Waals surface area contributed by atoms with Crippen molar-refractivity contribution in [2.45, 2.75) is 20.3 Å². The zero-order valence-electron chi connectivity index (χ0n) is 7.78. The third-order valence-electron chi connectivity index (χ3n) is 0.883. The standard InChI is InChI=1S/C4H7NO.C3H8O3S.Na.H/c1-3(2)4(5)6;1-2-3-7(4,5)6;;/h1H2,2H3,(H2,5,6);2-3H2,1H3,(H,4,5,6);;. The molecule has 0 unspecified atom stereocenters. The van der Waals surface area contributed by atoms with Crippen LogP contribution in [0.15, 0.2) is 12.2 Å². The van der Waals surface area contributed by atoms with Gasteiger partial charge in [-0.3, -0.25) is 9.35 Å². The topological polar surface area (TPSA) is 97.5 Å². The Hall–Kier alpha value is 0.120. The fourth-order valence-electron chi connectivity index (χ4n) is 0.258. The van der Waals surface area contributed by atoms with Crippen molar-refractivity contribution in [1.82, 2.24) is 0 Å². The Kier molecular flexibility index (Phi) is 13.6. The quantitative estimate of drug-likeness (QED) is 0.396. The van der Waals surface area contributed by atoms with Crippen molar-refractivity contribution in [3.8, 4) is 0 Å². The van der Waals surface area contributed by atoms with Crippen molar-refractivity contribution >= 4 is 45.6 Å². The van der Waals surface area contributed by atoms with E-state index in [2.05, 4.69) is 6.58 Å². The molecule has 0 radical (unpaired) electrons. The molecule has 14 heavy (non-hydrogen) atoms. The van der Waals surface area contributed by atoms with E-state index < -0.39 is 16.0 Å². The van der Waals surface area contributed by atoms with Gasteiger partial charge in [-0.25, -0.2) is 0 Å². The average Bonchev–Trinajstić information content (AvgIpc) is 1.85. The van der Waals surface area contributed by atoms with E-state index in [0.717, 1.165) is 0 Å². The number of nitrogens with two attached hydrogens (primary N) is 1. The zero-order chi connectivity index (χ0) is 11.1. The first-order chi connectivity index (χ1) is 5.70. The first kappa shape index (κ1) is 19.7. The first-order valence-electron chi connectivity index (χ1n) is 3.61. The van der Waals surface area contributed by atoms with Crippen LogP contribution in [0.2, 0.25) is 0 Å². The monoisotopic (exact) mass is 233 g/mol. The van der Waals surface area contributed by atoms with Crippen LogP contribution < -0.4 is 5.73 Å². The molecule has 1 amide bonds. The van der Waals surface area contributed by atoms with Gasteiger partial charge in [-0.05, 0) is 13.3 Å². The summed E-state index contributed by atoms with van der Waals surface area (Å²) in [4.78, 5) is 9.82. The third-order valence-corrected chi connectivity index (χ3v) is 1.81. The summed E-state index contributed by atoms with van der Waals surface area (Å²) in [5, 5.41) is 0. The van der Waals surface area contributed by atoms with E-state index >= 15 is 0 Å². The summed E-state index contributed by atoms with van der Waals surface area (Å²) in [7, 11) is -3.67. The van der Waals surface area contributed by atoms with E-state index in [4.69, 9.17) is 10.3 Å². The molecule has 5 nitrogen and oxygen atoms in total. The van der Waals surface area contributed by atoms with Gasteiger partial charge in [-0.15, -0.1) is 0 Å². The van der Waals surface area contributed by atoms with E-state index in [0.29, 0.717) is 12.0 Å². The summed E-state index contributed by atoms with van der Waals surface area (Å²) >= 11 is 0. The van der Waals surface area contributed by atoms with Gasteiger partial charge in [0, 0.05) is 5.57 Å². The molecule has 7 heteroatoms. The predicted octanol–water partition coefficient (Wildman–Crippen LogP) is -0.316. The Morgan fingerprint density at radius 1 is 1.50 bits per heavy atom. The van der Waals surface area contributed by atoms with E-state index in [9.17, 15) is 13.2 Å². The number of amides is 1. The number of carbonyl (C=O) groups excluding carboxylic acids is 1. The van der Waals surface area contributed by atoms with Crippen LogP contribution in [-0.2, 0) is 14.9 Å². The molecule has 3 N–H and O–H groups in total. The Balaban J connectivity index is -0.000000163. The van der Waals surface area contributed by atoms with Gasteiger partial charge in [0.1, 0.15) is 0 Å². The summed E-state index contributed by atoms with van der Waals surface area (Å²) in [6.45, 7) is 6.54. The van der Waals surface area contributed by atoms with Crippen LogP contribution in [0.4, 0.5) is 0 Å². The maximum absolute atomic E-state index is 9.82. The second-order valence-corrected chi connectivity index (χ2v) is 4.00. The van der Waals surface area contributed by atoms with Crippen molar-refractivity contribution in [2.24, 2.45) is 5.73 Å². The summed E-state index contributed by atoms with van der Waals surface area (Å²) in [5.74, 6) is -0.567. The van der Waals surface area contributed by atoms with Crippen LogP contribution in [0.3, 0.4) is 0 Å². The second-order valence-electron chi connectivity index (χ2n) is 2.43. The molecule has 0 bridgehead atoms. The Bertz CT molecular complexity index is 261. The summed E-state index contributed by atoms with van der Waals surface area (Å²) < 4.78 is 27.6. The van der Waals surface area contributed by atoms with E-state index in [1.165, 1.54) is 0 Å². The van der Waals surface area contributed by atoms with Crippen molar-refractivity contribution in [3.05, 3.63) is 12.2 Å². The predicted molar refractivity (Wildman–Crippen MR) is 57.9 cm³/mol. The van der Waals surface area contributed by atoms with E-state index in [1.807, 2.05) is 0 Å². The molecule has 0 rings (SSSR count). The molecule has 0 spiro atoms. The number of rotatable bonds is 3. The Labute approximate surface area is 107 Å². The van der Waals surface area contributed by atoms with Gasteiger partial charge < -0.3 is 5.73 Å². The van der Waals surface area contributed by atoms with Gasteiger partial charge in [-0.1, -0.05) is 13.5 Å². The number of carbonyl (C=O) groups is 1. The molecule has 0 heterocycles. The molecule has 0 aromatic carbocycles. The fraction of sp³-hybridized carbons (Fsp3) is 0.571. The van der Waals surface area contributed by atoms with Gasteiger partial charge in [-0.2, -0.15) is 8.42 Å². The van der Waals surface area contributed by atoms with Crippen molar-refractivity contribution in [2.75, 3.05) is 5.75 Å². The summed E-state index contributed by atoms with van der Waals surface area (Å²) in [6, 6.07) is 0. The molecule has 0 aromatic heterocycles. The van der Waals surface area contributed by atoms with Gasteiger partial charge in [0.2, 0.25) is 5.91 Å². The van der Waals surface area contributed by atoms with Crippen molar-refractivity contribution in [3.63, 3.8) is 0 Å². The zero-order valence-corrected chi connectivity index (χ0v) is 8.60. The summed E-state index contributed by atoms with van der Waals surface area (Å²) in [6.07, 6.45) is 0.471. The first-order valence-corrected chi connectivity index (χ1v) is 5.22. The minimum absolute atomic E-state index is 0. The van der Waals surface area contributed by atoms with Gasteiger partial charge >= 0.3 is 29.6 Å². The maximum atomic E-state index is 9.82. The molecule has 0 saturated heterocycles. The molecule has 0 aliphatic carbocycles. The minimum atomic E-state index is -3.67. The van der Waals surface area contributed by atoms with Crippen molar-refractivity contribution in [1.29, 1.82) is 0 Å². The number of hydrogen-bond acceptors (Lipinski definition) is 3. The van der Waals surface area contributed by atoms with E-state index in [-0.39, 0.29) is 35.3 Å². The molecule has 80 valence electrons. The Morgan fingerprint density at radius 2 is 1.79 bits per heavy atom. The number of primary amides is 1. The van der Waals surface area contributed by atoms with Crippen molar-refractivity contribution < 1.29 is 17.8 Å².